The fourth-order valence-corrected chi connectivity index (χ4v) is 2.61. The molecular weight excluding hydrogens is 306 g/mol. The van der Waals surface area contributed by atoms with E-state index in [2.05, 4.69) is 6.58 Å². The van der Waals surface area contributed by atoms with Crippen LogP contribution in [0.15, 0.2) is 67.3 Å². The summed E-state index contributed by atoms with van der Waals surface area (Å²) in [6, 6.07) is 15.7. The first kappa shape index (κ1) is 15.7. The van der Waals surface area contributed by atoms with Crippen molar-refractivity contribution in [1.82, 2.24) is 5.06 Å². The van der Waals surface area contributed by atoms with Crippen molar-refractivity contribution in [2.75, 3.05) is 0 Å². The molecule has 120 valence electrons. The maximum Gasteiger partial charge on any atom is 0.334 e. The first-order valence-corrected chi connectivity index (χ1v) is 7.48. The van der Waals surface area contributed by atoms with E-state index in [1.54, 1.807) is 18.2 Å². The molecule has 1 aliphatic heterocycles. The van der Waals surface area contributed by atoms with Gasteiger partial charge in [0.05, 0.1) is 17.5 Å². The molecule has 0 aromatic heterocycles. The minimum atomic E-state index is -0.668. The summed E-state index contributed by atoms with van der Waals surface area (Å²) >= 11 is 0. The number of imide groups is 1. The summed E-state index contributed by atoms with van der Waals surface area (Å²) in [5.41, 5.74) is 1.38. The van der Waals surface area contributed by atoms with Crippen LogP contribution in [-0.2, 0) is 9.63 Å². The molecule has 3 rings (SSSR count). The Balaban J connectivity index is 1.71. The molecule has 0 spiro atoms. The molecule has 1 aliphatic rings. The van der Waals surface area contributed by atoms with Crippen LogP contribution in [0.5, 0.6) is 0 Å². The van der Waals surface area contributed by atoms with Crippen molar-refractivity contribution in [3.05, 3.63) is 83.9 Å². The van der Waals surface area contributed by atoms with Crippen molar-refractivity contribution in [1.29, 1.82) is 0 Å². The van der Waals surface area contributed by atoms with Crippen molar-refractivity contribution < 1.29 is 19.2 Å². The Morgan fingerprint density at radius 2 is 1.54 bits per heavy atom. The second-order valence-electron chi connectivity index (χ2n) is 5.37. The van der Waals surface area contributed by atoms with E-state index in [-0.39, 0.29) is 23.5 Å². The second kappa shape index (κ2) is 6.50. The van der Waals surface area contributed by atoms with Gasteiger partial charge in [-0.15, -0.1) is 6.58 Å². The van der Waals surface area contributed by atoms with Gasteiger partial charge >= 0.3 is 5.97 Å². The number of carbonyl (C=O) groups is 3. The molecule has 1 heterocycles. The number of hydrogen-bond donors (Lipinski definition) is 0. The van der Waals surface area contributed by atoms with E-state index in [1.807, 2.05) is 30.3 Å². The summed E-state index contributed by atoms with van der Waals surface area (Å²) in [5.74, 6) is -2.18. The van der Waals surface area contributed by atoms with E-state index in [0.717, 1.165) is 5.56 Å². The monoisotopic (exact) mass is 321 g/mol. The number of rotatable bonds is 5. The number of hydrogen-bond acceptors (Lipinski definition) is 4. The molecule has 0 saturated heterocycles. The molecule has 0 radical (unpaired) electrons. The summed E-state index contributed by atoms with van der Waals surface area (Å²) in [4.78, 5) is 41.5. The van der Waals surface area contributed by atoms with Crippen LogP contribution in [0.1, 0.15) is 38.6 Å². The van der Waals surface area contributed by atoms with Gasteiger partial charge in [0.25, 0.3) is 11.8 Å². The molecule has 1 atom stereocenters. The van der Waals surface area contributed by atoms with E-state index in [0.29, 0.717) is 5.06 Å². The number of hydroxylamine groups is 2. The number of fused-ring (bicyclic) bond motifs is 1. The molecule has 2 aromatic carbocycles. The standard InChI is InChI=1S/C19H15NO4/c1-2-13(14-8-4-3-5-9-14)12-17(21)24-20-18(22)15-10-6-7-11-16(15)19(20)23/h2-11,13H,1,12H2. The van der Waals surface area contributed by atoms with Gasteiger partial charge in [0, 0.05) is 5.92 Å². The molecule has 0 bridgehead atoms. The van der Waals surface area contributed by atoms with Gasteiger partial charge in [0.2, 0.25) is 0 Å². The zero-order chi connectivity index (χ0) is 17.1. The third kappa shape index (κ3) is 2.84. The highest BCUT2D eigenvalue weighted by Gasteiger charge is 2.38. The quantitative estimate of drug-likeness (QED) is 0.627. The Morgan fingerprint density at radius 1 is 1.00 bits per heavy atom. The van der Waals surface area contributed by atoms with Gasteiger partial charge in [-0.25, -0.2) is 4.79 Å². The summed E-state index contributed by atoms with van der Waals surface area (Å²) in [6.07, 6.45) is 1.62. The molecule has 0 aliphatic carbocycles. The molecule has 0 saturated carbocycles. The van der Waals surface area contributed by atoms with Crippen LogP contribution in [-0.4, -0.2) is 22.8 Å². The Labute approximate surface area is 139 Å². The Hall–Kier alpha value is -3.21. The molecule has 5 nitrogen and oxygen atoms in total. The number of allylic oxidation sites excluding steroid dienone is 1. The van der Waals surface area contributed by atoms with E-state index in [1.165, 1.54) is 12.1 Å². The van der Waals surface area contributed by atoms with Crippen molar-refractivity contribution >= 4 is 17.8 Å². The third-order valence-corrected chi connectivity index (χ3v) is 3.85. The Bertz CT molecular complexity index is 778. The molecule has 1 unspecified atom stereocenters. The van der Waals surface area contributed by atoms with Gasteiger partial charge in [-0.05, 0) is 17.7 Å². The second-order valence-corrected chi connectivity index (χ2v) is 5.37. The average molecular weight is 321 g/mol. The van der Waals surface area contributed by atoms with Crippen LogP contribution in [0, 0.1) is 0 Å². The first-order chi connectivity index (χ1) is 11.6. The maximum absolute atomic E-state index is 12.2. The lowest BCUT2D eigenvalue weighted by molar-refractivity contribution is -0.168. The van der Waals surface area contributed by atoms with Crippen molar-refractivity contribution in [2.24, 2.45) is 0 Å². The fourth-order valence-electron chi connectivity index (χ4n) is 2.61. The summed E-state index contributed by atoms with van der Waals surface area (Å²) in [5, 5.41) is 0.526. The van der Waals surface area contributed by atoms with Crippen molar-refractivity contribution in [2.45, 2.75) is 12.3 Å². The van der Waals surface area contributed by atoms with Crippen LogP contribution in [0.4, 0.5) is 0 Å². The molecule has 24 heavy (non-hydrogen) atoms. The zero-order valence-electron chi connectivity index (χ0n) is 12.8. The van der Waals surface area contributed by atoms with E-state index >= 15 is 0 Å². The van der Waals surface area contributed by atoms with Gasteiger partial charge in [-0.1, -0.05) is 53.6 Å². The Kier molecular flexibility index (Phi) is 4.24. The zero-order valence-corrected chi connectivity index (χ0v) is 12.8. The van der Waals surface area contributed by atoms with Crippen LogP contribution in [0.2, 0.25) is 0 Å². The first-order valence-electron chi connectivity index (χ1n) is 7.48. The fraction of sp³-hybridized carbons (Fsp3) is 0.105. The predicted octanol–water partition coefficient (Wildman–Crippen LogP) is 3.10. The number of benzene rings is 2. The maximum atomic E-state index is 12.2. The highest BCUT2D eigenvalue weighted by atomic mass is 16.7. The van der Waals surface area contributed by atoms with Crippen LogP contribution in [0.3, 0.4) is 0 Å². The van der Waals surface area contributed by atoms with Gasteiger partial charge < -0.3 is 4.84 Å². The van der Waals surface area contributed by atoms with Crippen LogP contribution < -0.4 is 0 Å². The van der Waals surface area contributed by atoms with Gasteiger partial charge in [0.15, 0.2) is 0 Å². The molecule has 2 amide bonds. The summed E-state index contributed by atoms with van der Waals surface area (Å²) < 4.78 is 0. The SMILES string of the molecule is C=CC(CC(=O)ON1C(=O)c2ccccc2C1=O)c1ccccc1. The van der Waals surface area contributed by atoms with Crippen LogP contribution in [0.25, 0.3) is 0 Å². The van der Waals surface area contributed by atoms with Crippen molar-refractivity contribution in [3.63, 3.8) is 0 Å². The topological polar surface area (TPSA) is 63.7 Å². The lowest BCUT2D eigenvalue weighted by atomic mass is 9.96. The average Bonchev–Trinajstić information content (AvgIpc) is 2.86. The largest absolute Gasteiger partial charge is 0.334 e. The van der Waals surface area contributed by atoms with Gasteiger partial charge in [0.1, 0.15) is 0 Å². The third-order valence-electron chi connectivity index (χ3n) is 3.85. The molecule has 0 fully saturated rings. The van der Waals surface area contributed by atoms with Crippen molar-refractivity contribution in [3.8, 4) is 0 Å². The number of amides is 2. The lowest BCUT2D eigenvalue weighted by Gasteiger charge is -2.16. The molecule has 0 N–H and O–H groups in total. The van der Waals surface area contributed by atoms with E-state index in [4.69, 9.17) is 4.84 Å². The highest BCUT2D eigenvalue weighted by Crippen LogP contribution is 2.25. The molecular formula is C19H15NO4. The Morgan fingerprint density at radius 3 is 2.08 bits per heavy atom. The minimum Gasteiger partial charge on any atom is -0.330 e. The number of carbonyl (C=O) groups excluding carboxylic acids is 3. The van der Waals surface area contributed by atoms with Gasteiger partial charge in [-0.3, -0.25) is 9.59 Å². The highest BCUT2D eigenvalue weighted by molar-refractivity contribution is 6.20. The van der Waals surface area contributed by atoms with Crippen LogP contribution >= 0.6 is 0 Å². The lowest BCUT2D eigenvalue weighted by Crippen LogP contribution is -2.33. The molecule has 5 heteroatoms. The smallest absolute Gasteiger partial charge is 0.330 e. The molecule has 2 aromatic rings. The van der Waals surface area contributed by atoms with Gasteiger partial charge in [-0.2, -0.15) is 0 Å². The van der Waals surface area contributed by atoms with E-state index < -0.39 is 17.8 Å². The minimum absolute atomic E-state index is 0.0130. The summed E-state index contributed by atoms with van der Waals surface area (Å²) in [6.45, 7) is 3.73. The normalized spacial score (nSPS) is 14.2. The predicted molar refractivity (Wildman–Crippen MR) is 87.0 cm³/mol. The number of nitrogens with zero attached hydrogens (tertiary/aromatic N) is 1. The van der Waals surface area contributed by atoms with E-state index in [9.17, 15) is 14.4 Å². The summed E-state index contributed by atoms with van der Waals surface area (Å²) in [7, 11) is 0.